The molecule has 78 valence electrons. The maximum absolute atomic E-state index is 4.32. The molecule has 0 aromatic carbocycles. The second-order valence-electron chi connectivity index (χ2n) is 4.18. The zero-order valence-electron chi connectivity index (χ0n) is 9.03. The molecule has 0 bridgehead atoms. The van der Waals surface area contributed by atoms with Crippen LogP contribution in [0.15, 0.2) is 12.4 Å². The van der Waals surface area contributed by atoms with Gasteiger partial charge in [-0.3, -0.25) is 4.68 Å². The number of aryl methyl sites for hydroxylation is 1. The Morgan fingerprint density at radius 1 is 1.64 bits per heavy atom. The molecule has 0 aliphatic carbocycles. The monoisotopic (exact) mass is 193 g/mol. The van der Waals surface area contributed by atoms with E-state index in [4.69, 9.17) is 0 Å². The van der Waals surface area contributed by atoms with E-state index in [9.17, 15) is 0 Å². The maximum atomic E-state index is 4.32. The van der Waals surface area contributed by atoms with E-state index in [-0.39, 0.29) is 0 Å². The van der Waals surface area contributed by atoms with E-state index in [1.54, 1.807) is 0 Å². The van der Waals surface area contributed by atoms with Gasteiger partial charge in [-0.05, 0) is 32.2 Å². The number of hydrogen-bond donors (Lipinski definition) is 1. The molecule has 0 spiro atoms. The van der Waals surface area contributed by atoms with Gasteiger partial charge in [0, 0.05) is 24.3 Å². The highest BCUT2D eigenvalue weighted by molar-refractivity contribution is 5.12. The van der Waals surface area contributed by atoms with Gasteiger partial charge < -0.3 is 5.32 Å². The number of nitrogens with one attached hydrogen (secondary N) is 1. The minimum Gasteiger partial charge on any atom is -0.310 e. The first kappa shape index (κ1) is 9.71. The molecule has 0 amide bonds. The summed E-state index contributed by atoms with van der Waals surface area (Å²) in [5, 5.41) is 7.89. The van der Waals surface area contributed by atoms with Crippen molar-refractivity contribution in [1.82, 2.24) is 15.1 Å². The van der Waals surface area contributed by atoms with Gasteiger partial charge in [0.2, 0.25) is 0 Å². The lowest BCUT2D eigenvalue weighted by atomic mass is 9.89. The molecular weight excluding hydrogens is 174 g/mol. The molecule has 1 aromatic rings. The number of nitrogens with zero attached hydrogens (tertiary/aromatic N) is 2. The maximum Gasteiger partial charge on any atom is 0.0537 e. The van der Waals surface area contributed by atoms with E-state index in [2.05, 4.69) is 30.5 Å². The summed E-state index contributed by atoms with van der Waals surface area (Å²) in [5.41, 5.74) is 1.35. The van der Waals surface area contributed by atoms with Gasteiger partial charge in [0.15, 0.2) is 0 Å². The molecule has 1 fully saturated rings. The van der Waals surface area contributed by atoms with E-state index < -0.39 is 0 Å². The zero-order chi connectivity index (χ0) is 9.97. The van der Waals surface area contributed by atoms with E-state index in [1.165, 1.54) is 18.4 Å². The molecule has 1 saturated heterocycles. The average molecular weight is 193 g/mol. The van der Waals surface area contributed by atoms with Gasteiger partial charge in [0.25, 0.3) is 0 Å². The van der Waals surface area contributed by atoms with Crippen LogP contribution in [0.2, 0.25) is 0 Å². The van der Waals surface area contributed by atoms with Crippen molar-refractivity contribution >= 4 is 0 Å². The minimum absolute atomic E-state index is 0.518. The van der Waals surface area contributed by atoms with Crippen molar-refractivity contribution in [2.45, 2.75) is 39.3 Å². The first-order chi connectivity index (χ1) is 6.81. The van der Waals surface area contributed by atoms with E-state index >= 15 is 0 Å². The van der Waals surface area contributed by atoms with Crippen molar-refractivity contribution < 1.29 is 0 Å². The lowest BCUT2D eigenvalue weighted by Gasteiger charge is -2.29. The van der Waals surface area contributed by atoms with Crippen molar-refractivity contribution in [3.8, 4) is 0 Å². The standard InChI is InChI=1S/C11H19N3/c1-3-14-8-10(7-13-14)11-9(2)5-4-6-12-11/h7-9,11-12H,3-6H2,1-2H3. The third kappa shape index (κ3) is 1.82. The summed E-state index contributed by atoms with van der Waals surface area (Å²) in [6, 6.07) is 0.518. The van der Waals surface area contributed by atoms with Crippen LogP contribution in [-0.4, -0.2) is 16.3 Å². The third-order valence-electron chi connectivity index (χ3n) is 3.11. The average Bonchev–Trinajstić information content (AvgIpc) is 2.67. The van der Waals surface area contributed by atoms with Crippen molar-refractivity contribution in [1.29, 1.82) is 0 Å². The van der Waals surface area contributed by atoms with E-state index in [1.807, 2.05) is 10.9 Å². The summed E-state index contributed by atoms with van der Waals surface area (Å²) in [5.74, 6) is 0.734. The number of hydrogen-bond acceptors (Lipinski definition) is 2. The molecule has 1 aliphatic heterocycles. The molecule has 14 heavy (non-hydrogen) atoms. The van der Waals surface area contributed by atoms with Crippen molar-refractivity contribution in [3.05, 3.63) is 18.0 Å². The van der Waals surface area contributed by atoms with Gasteiger partial charge in [-0.2, -0.15) is 5.10 Å². The summed E-state index contributed by atoms with van der Waals surface area (Å²) < 4.78 is 2.00. The highest BCUT2D eigenvalue weighted by atomic mass is 15.3. The predicted octanol–water partition coefficient (Wildman–Crippen LogP) is 1.96. The van der Waals surface area contributed by atoms with E-state index in [0.29, 0.717) is 6.04 Å². The fraction of sp³-hybridized carbons (Fsp3) is 0.727. The highest BCUT2D eigenvalue weighted by Crippen LogP contribution is 2.28. The molecule has 1 N–H and O–H groups in total. The molecule has 0 saturated carbocycles. The smallest absolute Gasteiger partial charge is 0.0537 e. The number of aromatic nitrogens is 2. The van der Waals surface area contributed by atoms with Crippen LogP contribution in [0.25, 0.3) is 0 Å². The normalized spacial score (nSPS) is 27.9. The Morgan fingerprint density at radius 2 is 2.50 bits per heavy atom. The number of piperidine rings is 1. The Labute approximate surface area is 85.5 Å². The van der Waals surface area contributed by atoms with Gasteiger partial charge in [0.1, 0.15) is 0 Å². The van der Waals surface area contributed by atoms with Crippen LogP contribution in [0.3, 0.4) is 0 Å². The van der Waals surface area contributed by atoms with Crippen molar-refractivity contribution in [2.75, 3.05) is 6.54 Å². The SMILES string of the molecule is CCn1cc(C2NCCCC2C)cn1. The predicted molar refractivity (Wildman–Crippen MR) is 57.0 cm³/mol. The van der Waals surface area contributed by atoms with Gasteiger partial charge in [-0.1, -0.05) is 6.92 Å². The molecule has 2 rings (SSSR count). The first-order valence-corrected chi connectivity index (χ1v) is 5.57. The van der Waals surface area contributed by atoms with Crippen LogP contribution < -0.4 is 5.32 Å². The lowest BCUT2D eigenvalue weighted by molar-refractivity contribution is 0.305. The van der Waals surface area contributed by atoms with Gasteiger partial charge in [-0.25, -0.2) is 0 Å². The van der Waals surface area contributed by atoms with Gasteiger partial charge >= 0.3 is 0 Å². The second-order valence-corrected chi connectivity index (χ2v) is 4.18. The zero-order valence-corrected chi connectivity index (χ0v) is 9.03. The quantitative estimate of drug-likeness (QED) is 0.778. The summed E-state index contributed by atoms with van der Waals surface area (Å²) in [7, 11) is 0. The Bertz CT molecular complexity index is 292. The first-order valence-electron chi connectivity index (χ1n) is 5.57. The fourth-order valence-corrected chi connectivity index (χ4v) is 2.21. The van der Waals surface area contributed by atoms with E-state index in [0.717, 1.165) is 19.0 Å². The molecule has 3 heteroatoms. The molecule has 2 unspecified atom stereocenters. The summed E-state index contributed by atoms with van der Waals surface area (Å²) in [4.78, 5) is 0. The van der Waals surface area contributed by atoms with Crippen LogP contribution in [0.1, 0.15) is 38.3 Å². The molecule has 2 heterocycles. The Hall–Kier alpha value is -0.830. The third-order valence-corrected chi connectivity index (χ3v) is 3.11. The van der Waals surface area contributed by atoms with Gasteiger partial charge in [-0.15, -0.1) is 0 Å². The molecule has 1 aromatic heterocycles. The minimum atomic E-state index is 0.518. The van der Waals surface area contributed by atoms with Crippen LogP contribution in [-0.2, 0) is 6.54 Å². The molecule has 2 atom stereocenters. The molecule has 1 aliphatic rings. The topological polar surface area (TPSA) is 29.9 Å². The van der Waals surface area contributed by atoms with Crippen LogP contribution in [0.4, 0.5) is 0 Å². The molecule has 0 radical (unpaired) electrons. The largest absolute Gasteiger partial charge is 0.310 e. The molecular formula is C11H19N3. The Kier molecular flexibility index (Phi) is 2.87. The highest BCUT2D eigenvalue weighted by Gasteiger charge is 2.23. The Balaban J connectivity index is 2.12. The second kappa shape index (κ2) is 4.13. The lowest BCUT2D eigenvalue weighted by Crippen LogP contribution is -2.32. The fourth-order valence-electron chi connectivity index (χ4n) is 2.21. The Morgan fingerprint density at radius 3 is 3.14 bits per heavy atom. The summed E-state index contributed by atoms with van der Waals surface area (Å²) >= 11 is 0. The summed E-state index contributed by atoms with van der Waals surface area (Å²) in [6.07, 6.45) is 6.80. The number of rotatable bonds is 2. The van der Waals surface area contributed by atoms with Gasteiger partial charge in [0.05, 0.1) is 6.20 Å². The van der Waals surface area contributed by atoms with Crippen LogP contribution >= 0.6 is 0 Å². The molecule has 3 nitrogen and oxygen atoms in total. The van der Waals surface area contributed by atoms with Crippen molar-refractivity contribution in [2.24, 2.45) is 5.92 Å². The van der Waals surface area contributed by atoms with Crippen LogP contribution in [0.5, 0.6) is 0 Å². The van der Waals surface area contributed by atoms with Crippen molar-refractivity contribution in [3.63, 3.8) is 0 Å². The van der Waals surface area contributed by atoms with Crippen LogP contribution in [0, 0.1) is 5.92 Å². The summed E-state index contributed by atoms with van der Waals surface area (Å²) in [6.45, 7) is 6.54.